The summed E-state index contributed by atoms with van der Waals surface area (Å²) in [6.45, 7) is 3.73. The number of aliphatic hydroxyl groups is 2. The fourth-order valence-electron chi connectivity index (χ4n) is 0.106. The molecule has 6 nitrogen and oxygen atoms in total. The molecule has 78 valence electrons. The zero-order chi connectivity index (χ0) is 11.0. The van der Waals surface area contributed by atoms with E-state index in [1.807, 2.05) is 6.92 Å². The Morgan fingerprint density at radius 1 is 1.15 bits per heavy atom. The van der Waals surface area contributed by atoms with Gasteiger partial charge in [0.15, 0.2) is 0 Å². The van der Waals surface area contributed by atoms with Crippen LogP contribution in [-0.2, 0) is 9.59 Å². The van der Waals surface area contributed by atoms with Gasteiger partial charge >= 0.3 is 11.9 Å². The number of carbonyl (C=O) groups is 2. The molecule has 0 aliphatic carbocycles. The summed E-state index contributed by atoms with van der Waals surface area (Å²) in [5.41, 5.74) is 0. The molecule has 0 saturated carbocycles. The monoisotopic (exact) mass is 194 g/mol. The second-order valence-electron chi connectivity index (χ2n) is 2.34. The van der Waals surface area contributed by atoms with E-state index in [0.29, 0.717) is 0 Å². The van der Waals surface area contributed by atoms with Gasteiger partial charge in [0.2, 0.25) is 6.10 Å². The van der Waals surface area contributed by atoms with Gasteiger partial charge in [0, 0.05) is 0 Å². The number of aliphatic carboxylic acids is 2. The molecule has 0 rings (SSSR count). The minimum absolute atomic E-state index is 0.116. The van der Waals surface area contributed by atoms with Crippen molar-refractivity contribution in [2.45, 2.75) is 32.5 Å². The molecule has 0 aliphatic heterocycles. The lowest BCUT2D eigenvalue weighted by atomic mass is 10.3. The molecule has 1 atom stereocenters. The maximum absolute atomic E-state index is 9.51. The van der Waals surface area contributed by atoms with Gasteiger partial charge in [-0.25, -0.2) is 9.59 Å². The minimum Gasteiger partial charge on any atom is -0.479 e. The Morgan fingerprint density at radius 2 is 1.38 bits per heavy atom. The van der Waals surface area contributed by atoms with Crippen molar-refractivity contribution in [3.63, 3.8) is 0 Å². The lowest BCUT2D eigenvalue weighted by Crippen LogP contribution is -2.28. The Labute approximate surface area is 75.4 Å². The maximum atomic E-state index is 9.51. The van der Waals surface area contributed by atoms with Crippen LogP contribution in [0.25, 0.3) is 0 Å². The lowest BCUT2D eigenvalue weighted by molar-refractivity contribution is -0.160. The first-order valence-corrected chi connectivity index (χ1v) is 3.64. The second kappa shape index (κ2) is 7.51. The van der Waals surface area contributed by atoms with Gasteiger partial charge in [-0.2, -0.15) is 0 Å². The first-order chi connectivity index (χ1) is 5.82. The first-order valence-electron chi connectivity index (χ1n) is 3.64. The van der Waals surface area contributed by atoms with Crippen LogP contribution in [0.4, 0.5) is 0 Å². The van der Waals surface area contributed by atoms with Gasteiger partial charge in [0.25, 0.3) is 0 Å². The van der Waals surface area contributed by atoms with Crippen molar-refractivity contribution < 1.29 is 30.0 Å². The molecule has 0 aromatic heterocycles. The third kappa shape index (κ3) is 10.9. The fraction of sp³-hybridized carbons (Fsp3) is 0.714. The molecule has 0 amide bonds. The van der Waals surface area contributed by atoms with Crippen LogP contribution in [0, 0.1) is 0 Å². The average Bonchev–Trinajstić information content (AvgIpc) is 2.03. The van der Waals surface area contributed by atoms with E-state index in [1.54, 1.807) is 6.92 Å². The van der Waals surface area contributed by atoms with Gasteiger partial charge in [-0.05, 0) is 13.3 Å². The van der Waals surface area contributed by atoms with Gasteiger partial charge in [0.1, 0.15) is 0 Å². The molecule has 1 unspecified atom stereocenters. The van der Waals surface area contributed by atoms with E-state index in [-0.39, 0.29) is 6.10 Å². The summed E-state index contributed by atoms with van der Waals surface area (Å²) in [5, 5.41) is 31.8. The van der Waals surface area contributed by atoms with Crippen LogP contribution in [0.1, 0.15) is 20.3 Å². The Bertz CT molecular complexity index is 150. The molecule has 6 heteroatoms. The zero-order valence-electron chi connectivity index (χ0n) is 7.47. The van der Waals surface area contributed by atoms with Gasteiger partial charge in [-0.3, -0.25) is 0 Å². The Kier molecular flexibility index (Phi) is 8.31. The van der Waals surface area contributed by atoms with Crippen molar-refractivity contribution >= 4 is 11.9 Å². The molecule has 0 saturated heterocycles. The normalized spacial score (nSPS) is 11.5. The molecule has 0 aromatic rings. The molecule has 0 radical (unpaired) electrons. The van der Waals surface area contributed by atoms with Crippen LogP contribution in [0.3, 0.4) is 0 Å². The number of aliphatic hydroxyl groups excluding tert-OH is 2. The maximum Gasteiger partial charge on any atom is 0.344 e. The van der Waals surface area contributed by atoms with E-state index in [2.05, 4.69) is 0 Å². The summed E-state index contributed by atoms with van der Waals surface area (Å²) in [6.07, 6.45) is -1.55. The Hall–Kier alpha value is -1.14. The summed E-state index contributed by atoms with van der Waals surface area (Å²) in [7, 11) is 0. The van der Waals surface area contributed by atoms with E-state index in [4.69, 9.17) is 20.4 Å². The van der Waals surface area contributed by atoms with Crippen LogP contribution < -0.4 is 0 Å². The molecule has 0 fully saturated rings. The molecule has 0 aliphatic rings. The molecule has 0 aromatic carbocycles. The van der Waals surface area contributed by atoms with E-state index >= 15 is 0 Å². The summed E-state index contributed by atoms with van der Waals surface area (Å²) in [6, 6.07) is 0. The van der Waals surface area contributed by atoms with E-state index in [9.17, 15) is 9.59 Å². The topological polar surface area (TPSA) is 115 Å². The zero-order valence-corrected chi connectivity index (χ0v) is 7.47. The molecule has 0 bridgehead atoms. The van der Waals surface area contributed by atoms with Crippen molar-refractivity contribution in [3.05, 3.63) is 0 Å². The van der Waals surface area contributed by atoms with Crippen LogP contribution >= 0.6 is 0 Å². The van der Waals surface area contributed by atoms with Crippen LogP contribution in [-0.4, -0.2) is 44.6 Å². The smallest absolute Gasteiger partial charge is 0.344 e. The van der Waals surface area contributed by atoms with Crippen LogP contribution in [0.15, 0.2) is 0 Å². The van der Waals surface area contributed by atoms with Gasteiger partial charge in [-0.1, -0.05) is 6.92 Å². The van der Waals surface area contributed by atoms with E-state index < -0.39 is 18.0 Å². The molecule has 0 heterocycles. The Balaban J connectivity index is 0. The van der Waals surface area contributed by atoms with Crippen LogP contribution in [0.2, 0.25) is 0 Å². The molecule has 4 N–H and O–H groups in total. The summed E-state index contributed by atoms with van der Waals surface area (Å²) < 4.78 is 0. The number of carboxylic acid groups (broad SMARTS) is 2. The van der Waals surface area contributed by atoms with E-state index in [0.717, 1.165) is 6.42 Å². The Morgan fingerprint density at radius 3 is 1.38 bits per heavy atom. The van der Waals surface area contributed by atoms with Crippen molar-refractivity contribution in [2.24, 2.45) is 0 Å². The van der Waals surface area contributed by atoms with Gasteiger partial charge in [0.05, 0.1) is 6.10 Å². The predicted molar refractivity (Wildman–Crippen MR) is 43.3 cm³/mol. The second-order valence-corrected chi connectivity index (χ2v) is 2.34. The highest BCUT2D eigenvalue weighted by Gasteiger charge is 2.20. The quantitative estimate of drug-likeness (QED) is 0.441. The van der Waals surface area contributed by atoms with Crippen molar-refractivity contribution in [3.8, 4) is 0 Å². The summed E-state index contributed by atoms with van der Waals surface area (Å²) in [5.74, 6) is -3.50. The molecular formula is C7H14O6. The third-order valence-electron chi connectivity index (χ3n) is 1.06. The number of hydrogen-bond donors (Lipinski definition) is 4. The van der Waals surface area contributed by atoms with Gasteiger partial charge in [-0.15, -0.1) is 0 Å². The third-order valence-corrected chi connectivity index (χ3v) is 1.06. The highest BCUT2D eigenvalue weighted by atomic mass is 16.4. The summed E-state index contributed by atoms with van der Waals surface area (Å²) >= 11 is 0. The highest BCUT2D eigenvalue weighted by molar-refractivity contribution is 5.95. The van der Waals surface area contributed by atoms with Crippen LogP contribution in [0.5, 0.6) is 0 Å². The summed E-state index contributed by atoms with van der Waals surface area (Å²) in [4.78, 5) is 19.0. The SMILES string of the molecule is CCC(C)O.O=C(O)C(O)C(=O)O. The van der Waals surface area contributed by atoms with E-state index in [1.165, 1.54) is 0 Å². The predicted octanol–water partition coefficient (Wildman–Crippen LogP) is -0.706. The molecular weight excluding hydrogens is 180 g/mol. The van der Waals surface area contributed by atoms with Crippen molar-refractivity contribution in [1.82, 2.24) is 0 Å². The number of rotatable bonds is 3. The standard InChI is InChI=1S/C4H10O.C3H4O5/c1-3-4(2)5;4-1(2(5)6)3(7)8/h4-5H,3H2,1-2H3;1,4H,(H,5,6)(H,7,8). The number of hydrogen-bond acceptors (Lipinski definition) is 4. The largest absolute Gasteiger partial charge is 0.479 e. The fourth-order valence-corrected chi connectivity index (χ4v) is 0.106. The average molecular weight is 194 g/mol. The molecule has 13 heavy (non-hydrogen) atoms. The van der Waals surface area contributed by atoms with Crippen molar-refractivity contribution in [2.75, 3.05) is 0 Å². The van der Waals surface area contributed by atoms with Gasteiger partial charge < -0.3 is 20.4 Å². The minimum atomic E-state index is -2.30. The highest BCUT2D eigenvalue weighted by Crippen LogP contribution is 1.81. The first kappa shape index (κ1) is 14.4. The van der Waals surface area contributed by atoms with Crippen molar-refractivity contribution in [1.29, 1.82) is 0 Å². The molecule has 0 spiro atoms. The number of carboxylic acids is 2. The lowest BCUT2D eigenvalue weighted by Gasteiger charge is -1.93.